The van der Waals surface area contributed by atoms with E-state index in [9.17, 15) is 10.0 Å². The molecule has 0 aromatic carbocycles. The molecule has 0 saturated carbocycles. The molecule has 2 aromatic rings. The Morgan fingerprint density at radius 3 is 2.70 bits per heavy atom. The third-order valence-corrected chi connectivity index (χ3v) is 4.22. The third-order valence-electron chi connectivity index (χ3n) is 3.21. The lowest BCUT2D eigenvalue weighted by molar-refractivity contribution is -0.608. The van der Waals surface area contributed by atoms with Crippen LogP contribution >= 0.6 is 11.3 Å². The fourth-order valence-corrected chi connectivity index (χ4v) is 2.85. The zero-order valence-corrected chi connectivity index (χ0v) is 12.7. The van der Waals surface area contributed by atoms with E-state index in [2.05, 4.69) is 0 Å². The highest BCUT2D eigenvalue weighted by Crippen LogP contribution is 2.20. The minimum Gasteiger partial charge on any atom is -0.618 e. The first-order valence-electron chi connectivity index (χ1n) is 6.53. The molecule has 0 aliphatic carbocycles. The van der Waals surface area contributed by atoms with Crippen LogP contribution in [-0.4, -0.2) is 16.8 Å². The minimum absolute atomic E-state index is 0.0317. The van der Waals surface area contributed by atoms with Crippen LogP contribution in [-0.2, 0) is 6.54 Å². The van der Waals surface area contributed by atoms with Gasteiger partial charge in [-0.25, -0.2) is 0 Å². The van der Waals surface area contributed by atoms with Gasteiger partial charge in [0.1, 0.15) is 0 Å². The molecule has 0 atom stereocenters. The predicted molar refractivity (Wildman–Crippen MR) is 79.5 cm³/mol. The Morgan fingerprint density at radius 2 is 2.15 bits per heavy atom. The van der Waals surface area contributed by atoms with Gasteiger partial charge in [0.2, 0.25) is 0 Å². The summed E-state index contributed by atoms with van der Waals surface area (Å²) in [6.45, 7) is 6.48. The normalized spacial score (nSPS) is 10.8. The first-order valence-corrected chi connectivity index (χ1v) is 7.40. The highest BCUT2D eigenvalue weighted by Gasteiger charge is 2.25. The lowest BCUT2D eigenvalue weighted by atomic mass is 10.2. The van der Waals surface area contributed by atoms with Crippen molar-refractivity contribution in [2.45, 2.75) is 33.4 Å². The number of hydrogen-bond acceptors (Lipinski definition) is 3. The van der Waals surface area contributed by atoms with Gasteiger partial charge in [-0.1, -0.05) is 0 Å². The molecular weight excluding hydrogens is 272 g/mol. The van der Waals surface area contributed by atoms with Crippen molar-refractivity contribution in [3.05, 3.63) is 57.2 Å². The summed E-state index contributed by atoms with van der Waals surface area (Å²) in [7, 11) is 0. The zero-order chi connectivity index (χ0) is 14.7. The Hall–Kier alpha value is -1.88. The molecule has 20 heavy (non-hydrogen) atoms. The Bertz CT molecular complexity index is 607. The highest BCUT2D eigenvalue weighted by atomic mass is 32.1. The van der Waals surface area contributed by atoms with Gasteiger partial charge >= 0.3 is 5.91 Å². The molecule has 2 rings (SSSR count). The van der Waals surface area contributed by atoms with Gasteiger partial charge < -0.3 is 10.1 Å². The molecule has 0 aliphatic heterocycles. The molecule has 1 amide bonds. The van der Waals surface area contributed by atoms with Gasteiger partial charge in [-0.05, 0) is 43.8 Å². The Kier molecular flexibility index (Phi) is 4.39. The monoisotopic (exact) mass is 290 g/mol. The first-order chi connectivity index (χ1) is 9.50. The van der Waals surface area contributed by atoms with E-state index in [1.807, 2.05) is 32.2 Å². The minimum atomic E-state index is -0.233. The van der Waals surface area contributed by atoms with Crippen molar-refractivity contribution >= 4 is 17.2 Å². The van der Waals surface area contributed by atoms with Crippen molar-refractivity contribution in [2.24, 2.45) is 0 Å². The van der Waals surface area contributed by atoms with Gasteiger partial charge in [0.15, 0.2) is 6.20 Å². The SMILES string of the molecule is Cc1ccsc1CN(C(=O)c1cccc[n+]1[O-])C(C)C. The van der Waals surface area contributed by atoms with Crippen LogP contribution < -0.4 is 4.73 Å². The van der Waals surface area contributed by atoms with Gasteiger partial charge in [-0.2, -0.15) is 4.73 Å². The number of carbonyl (C=O) groups is 1. The van der Waals surface area contributed by atoms with E-state index in [4.69, 9.17) is 0 Å². The molecule has 5 heteroatoms. The lowest BCUT2D eigenvalue weighted by Gasteiger charge is -2.25. The van der Waals surface area contributed by atoms with Gasteiger partial charge in [0, 0.05) is 23.1 Å². The number of rotatable bonds is 4. The van der Waals surface area contributed by atoms with Crippen LogP contribution in [0.5, 0.6) is 0 Å². The van der Waals surface area contributed by atoms with Crippen LogP contribution in [0.4, 0.5) is 0 Å². The summed E-state index contributed by atoms with van der Waals surface area (Å²) in [4.78, 5) is 15.4. The van der Waals surface area contributed by atoms with Crippen LogP contribution in [0.1, 0.15) is 34.8 Å². The van der Waals surface area contributed by atoms with Crippen molar-refractivity contribution < 1.29 is 9.52 Å². The Morgan fingerprint density at radius 1 is 1.40 bits per heavy atom. The third kappa shape index (κ3) is 2.99. The second-order valence-corrected chi connectivity index (χ2v) is 5.97. The summed E-state index contributed by atoms with van der Waals surface area (Å²) in [5.41, 5.74) is 1.34. The van der Waals surface area contributed by atoms with Crippen LogP contribution in [0, 0.1) is 12.1 Å². The number of carbonyl (C=O) groups excluding carboxylic acids is 1. The van der Waals surface area contributed by atoms with Gasteiger partial charge in [0.05, 0.1) is 6.54 Å². The number of aromatic nitrogens is 1. The number of thiophene rings is 1. The van der Waals surface area contributed by atoms with Crippen molar-refractivity contribution in [2.75, 3.05) is 0 Å². The summed E-state index contributed by atoms with van der Waals surface area (Å²) in [5.74, 6) is -0.233. The smallest absolute Gasteiger partial charge is 0.320 e. The van der Waals surface area contributed by atoms with Crippen LogP contribution in [0.25, 0.3) is 0 Å². The molecule has 2 aromatic heterocycles. The fourth-order valence-electron chi connectivity index (χ4n) is 1.95. The summed E-state index contributed by atoms with van der Waals surface area (Å²) in [6, 6.07) is 6.96. The van der Waals surface area contributed by atoms with Crippen LogP contribution in [0.15, 0.2) is 35.8 Å². The van der Waals surface area contributed by atoms with Gasteiger partial charge in [-0.3, -0.25) is 4.79 Å². The molecule has 0 unspecified atom stereocenters. The van der Waals surface area contributed by atoms with Crippen LogP contribution in [0.3, 0.4) is 0 Å². The number of hydrogen-bond donors (Lipinski definition) is 0. The molecule has 0 saturated heterocycles. The molecule has 0 aliphatic rings. The molecule has 2 heterocycles. The topological polar surface area (TPSA) is 47.2 Å². The summed E-state index contributed by atoms with van der Waals surface area (Å²) in [5, 5.41) is 13.7. The molecule has 4 nitrogen and oxygen atoms in total. The predicted octanol–water partition coefficient (Wildman–Crippen LogP) is 2.74. The fraction of sp³-hybridized carbons (Fsp3) is 0.333. The lowest BCUT2D eigenvalue weighted by Crippen LogP contribution is -2.43. The second-order valence-electron chi connectivity index (χ2n) is 4.97. The summed E-state index contributed by atoms with van der Waals surface area (Å²) in [6.07, 6.45) is 1.35. The maximum Gasteiger partial charge on any atom is 0.320 e. The van der Waals surface area contributed by atoms with E-state index in [-0.39, 0.29) is 17.6 Å². The zero-order valence-electron chi connectivity index (χ0n) is 11.9. The van der Waals surface area contributed by atoms with Crippen molar-refractivity contribution in [3.63, 3.8) is 0 Å². The molecule has 0 N–H and O–H groups in total. The number of nitrogens with zero attached hydrogens (tertiary/aromatic N) is 2. The van der Waals surface area contributed by atoms with E-state index in [0.29, 0.717) is 11.3 Å². The Labute approximate surface area is 122 Å². The van der Waals surface area contributed by atoms with Gasteiger partial charge in [-0.15, -0.1) is 11.3 Å². The highest BCUT2D eigenvalue weighted by molar-refractivity contribution is 7.10. The maximum atomic E-state index is 12.6. The largest absolute Gasteiger partial charge is 0.618 e. The van der Waals surface area contributed by atoms with E-state index in [1.165, 1.54) is 11.8 Å². The van der Waals surface area contributed by atoms with Crippen molar-refractivity contribution in [1.29, 1.82) is 0 Å². The number of pyridine rings is 1. The molecular formula is C15H18N2O2S. The summed E-state index contributed by atoms with van der Waals surface area (Å²) >= 11 is 1.63. The van der Waals surface area contributed by atoms with Crippen molar-refractivity contribution in [1.82, 2.24) is 4.90 Å². The molecule has 0 fully saturated rings. The number of amides is 1. The summed E-state index contributed by atoms with van der Waals surface area (Å²) < 4.78 is 0.624. The van der Waals surface area contributed by atoms with Gasteiger partial charge in [0.25, 0.3) is 5.69 Å². The van der Waals surface area contributed by atoms with E-state index < -0.39 is 0 Å². The first kappa shape index (κ1) is 14.5. The van der Waals surface area contributed by atoms with E-state index in [1.54, 1.807) is 34.4 Å². The van der Waals surface area contributed by atoms with E-state index in [0.717, 1.165) is 4.88 Å². The standard InChI is InChI=1S/C15H18N2O2S/c1-11(2)16(10-14-12(3)7-9-20-14)15(18)13-6-4-5-8-17(13)19/h4-9,11H,10H2,1-3H3. The quantitative estimate of drug-likeness (QED) is 0.642. The van der Waals surface area contributed by atoms with Crippen LogP contribution in [0.2, 0.25) is 0 Å². The maximum absolute atomic E-state index is 12.6. The average Bonchev–Trinajstić information content (AvgIpc) is 2.81. The van der Waals surface area contributed by atoms with E-state index >= 15 is 0 Å². The van der Waals surface area contributed by atoms with Crippen molar-refractivity contribution in [3.8, 4) is 0 Å². The number of aryl methyl sites for hydroxylation is 1. The molecule has 0 bridgehead atoms. The second kappa shape index (κ2) is 6.05. The molecule has 0 spiro atoms. The molecule has 0 radical (unpaired) electrons. The molecule has 106 valence electrons. The average molecular weight is 290 g/mol. The Balaban J connectivity index is 2.28.